The number of nitrogens with zero attached hydrogens (tertiary/aromatic N) is 1. The first-order chi connectivity index (χ1) is 10.1. The number of aromatic amines is 1. The molecule has 1 amide bonds. The molecule has 2 aromatic rings. The second-order valence-electron chi connectivity index (χ2n) is 5.33. The first kappa shape index (κ1) is 16.3. The molecule has 0 bridgehead atoms. The average molecular weight is 320 g/mol. The van der Waals surface area contributed by atoms with Crippen molar-refractivity contribution in [1.82, 2.24) is 9.88 Å². The molecule has 5 nitrogen and oxygen atoms in total. The summed E-state index contributed by atoms with van der Waals surface area (Å²) in [6.45, 7) is 1.13. The number of pyridine rings is 1. The number of halogens is 1. The summed E-state index contributed by atoms with van der Waals surface area (Å²) >= 11 is 0. The van der Waals surface area contributed by atoms with E-state index in [2.05, 4.69) is 4.98 Å². The number of hydrogen-bond donors (Lipinski definition) is 2. The van der Waals surface area contributed by atoms with E-state index >= 15 is 0 Å². The number of aromatic nitrogens is 1. The molecule has 2 atom stereocenters. The topological polar surface area (TPSA) is 79.2 Å². The zero-order valence-electron chi connectivity index (χ0n) is 11.9. The fourth-order valence-electron chi connectivity index (χ4n) is 2.77. The standard InChI is InChI=1S/C16H17N3O2.ClH/c17-14-10-19(9-13(14)11-4-2-1-3-5-11)16(21)12-6-7-15(20)18-8-12;/h1-8,13-14H,9-10,17H2,(H,18,20);1H/t13-,14+;/m0./s1. The molecule has 1 aliphatic heterocycles. The molecule has 1 aromatic heterocycles. The number of benzene rings is 1. The van der Waals surface area contributed by atoms with E-state index in [-0.39, 0.29) is 35.8 Å². The Balaban J connectivity index is 0.00000176. The molecule has 0 aliphatic carbocycles. The van der Waals surface area contributed by atoms with Crippen molar-refractivity contribution < 1.29 is 4.79 Å². The summed E-state index contributed by atoms with van der Waals surface area (Å²) in [6, 6.07) is 12.8. The van der Waals surface area contributed by atoms with Crippen molar-refractivity contribution in [3.05, 3.63) is 70.1 Å². The Labute approximate surface area is 134 Å². The fourth-order valence-corrected chi connectivity index (χ4v) is 2.77. The predicted molar refractivity (Wildman–Crippen MR) is 87.4 cm³/mol. The lowest BCUT2D eigenvalue weighted by Crippen LogP contribution is -2.32. The van der Waals surface area contributed by atoms with E-state index < -0.39 is 0 Å². The highest BCUT2D eigenvalue weighted by Crippen LogP contribution is 2.27. The monoisotopic (exact) mass is 319 g/mol. The molecule has 0 radical (unpaired) electrons. The van der Waals surface area contributed by atoms with Gasteiger partial charge < -0.3 is 15.6 Å². The molecule has 2 heterocycles. The molecule has 1 aromatic carbocycles. The number of hydrogen-bond acceptors (Lipinski definition) is 3. The van der Waals surface area contributed by atoms with Crippen molar-refractivity contribution >= 4 is 18.3 Å². The van der Waals surface area contributed by atoms with Crippen LogP contribution in [0.1, 0.15) is 21.8 Å². The van der Waals surface area contributed by atoms with Gasteiger partial charge in [-0.25, -0.2) is 0 Å². The zero-order chi connectivity index (χ0) is 14.8. The number of amides is 1. The van der Waals surface area contributed by atoms with Gasteiger partial charge in [0.15, 0.2) is 0 Å². The molecule has 1 fully saturated rings. The predicted octanol–water partition coefficient (Wildman–Crippen LogP) is 1.36. The Morgan fingerprint density at radius 3 is 2.50 bits per heavy atom. The summed E-state index contributed by atoms with van der Waals surface area (Å²) in [4.78, 5) is 27.8. The minimum absolute atomic E-state index is 0. The second-order valence-corrected chi connectivity index (χ2v) is 5.33. The van der Waals surface area contributed by atoms with Gasteiger partial charge in [0.25, 0.3) is 5.91 Å². The minimum Gasteiger partial charge on any atom is -0.336 e. The molecular formula is C16H18ClN3O2. The molecule has 22 heavy (non-hydrogen) atoms. The van der Waals surface area contributed by atoms with Gasteiger partial charge in [-0.3, -0.25) is 9.59 Å². The maximum atomic E-state index is 12.4. The number of nitrogens with one attached hydrogen (secondary N) is 1. The third-order valence-electron chi connectivity index (χ3n) is 3.91. The van der Waals surface area contributed by atoms with Gasteiger partial charge in [0.1, 0.15) is 0 Å². The molecule has 0 saturated carbocycles. The average Bonchev–Trinajstić information content (AvgIpc) is 2.90. The molecule has 1 aliphatic rings. The Morgan fingerprint density at radius 1 is 1.14 bits per heavy atom. The maximum Gasteiger partial charge on any atom is 0.255 e. The van der Waals surface area contributed by atoms with Gasteiger partial charge >= 0.3 is 0 Å². The SMILES string of the molecule is Cl.N[C@@H]1CN(C(=O)c2ccc(=O)[nH]c2)C[C@H]1c1ccccc1. The van der Waals surface area contributed by atoms with Gasteiger partial charge in [0.05, 0.1) is 5.56 Å². The van der Waals surface area contributed by atoms with Crippen molar-refractivity contribution in [3.8, 4) is 0 Å². The highest BCUT2D eigenvalue weighted by atomic mass is 35.5. The normalized spacial score (nSPS) is 20.5. The third-order valence-corrected chi connectivity index (χ3v) is 3.91. The van der Waals surface area contributed by atoms with Crippen LogP contribution in [-0.2, 0) is 0 Å². The molecule has 3 rings (SSSR count). The van der Waals surface area contributed by atoms with Gasteiger partial charge in [-0.2, -0.15) is 0 Å². The number of rotatable bonds is 2. The van der Waals surface area contributed by atoms with Gasteiger partial charge in [0.2, 0.25) is 5.56 Å². The van der Waals surface area contributed by atoms with E-state index in [1.807, 2.05) is 30.3 Å². The smallest absolute Gasteiger partial charge is 0.255 e. The lowest BCUT2D eigenvalue weighted by Gasteiger charge is -2.16. The summed E-state index contributed by atoms with van der Waals surface area (Å²) in [5, 5.41) is 0. The van der Waals surface area contributed by atoms with E-state index in [9.17, 15) is 9.59 Å². The van der Waals surface area contributed by atoms with Crippen LogP contribution in [0.2, 0.25) is 0 Å². The van der Waals surface area contributed by atoms with Crippen LogP contribution < -0.4 is 11.3 Å². The van der Waals surface area contributed by atoms with Gasteiger partial charge in [-0.05, 0) is 11.6 Å². The summed E-state index contributed by atoms with van der Waals surface area (Å²) < 4.78 is 0. The highest BCUT2D eigenvalue weighted by molar-refractivity contribution is 5.94. The van der Waals surface area contributed by atoms with Crippen molar-refractivity contribution in [2.24, 2.45) is 5.73 Å². The Bertz CT molecular complexity index is 682. The third kappa shape index (κ3) is 3.21. The Hall–Kier alpha value is -2.11. The van der Waals surface area contributed by atoms with Crippen LogP contribution in [0.3, 0.4) is 0 Å². The van der Waals surface area contributed by atoms with Crippen LogP contribution in [0, 0.1) is 0 Å². The fraction of sp³-hybridized carbons (Fsp3) is 0.250. The van der Waals surface area contributed by atoms with Crippen LogP contribution in [-0.4, -0.2) is 34.9 Å². The van der Waals surface area contributed by atoms with Gasteiger partial charge in [0, 0.05) is 37.3 Å². The van der Waals surface area contributed by atoms with Gasteiger partial charge in [-0.15, -0.1) is 12.4 Å². The van der Waals surface area contributed by atoms with Crippen LogP contribution in [0.4, 0.5) is 0 Å². The number of carbonyl (C=O) groups is 1. The first-order valence-corrected chi connectivity index (χ1v) is 6.93. The van der Waals surface area contributed by atoms with Crippen molar-refractivity contribution in [3.63, 3.8) is 0 Å². The van der Waals surface area contributed by atoms with E-state index in [4.69, 9.17) is 5.73 Å². The van der Waals surface area contributed by atoms with E-state index in [1.54, 1.807) is 11.0 Å². The lowest BCUT2D eigenvalue weighted by molar-refractivity contribution is 0.0788. The van der Waals surface area contributed by atoms with Crippen molar-refractivity contribution in [2.75, 3.05) is 13.1 Å². The lowest BCUT2D eigenvalue weighted by atomic mass is 9.95. The quantitative estimate of drug-likeness (QED) is 0.877. The minimum atomic E-state index is -0.216. The number of carbonyl (C=O) groups excluding carboxylic acids is 1. The van der Waals surface area contributed by atoms with E-state index in [1.165, 1.54) is 12.3 Å². The summed E-state index contributed by atoms with van der Waals surface area (Å²) in [6.07, 6.45) is 1.45. The van der Waals surface area contributed by atoms with E-state index in [0.29, 0.717) is 18.7 Å². The summed E-state index contributed by atoms with van der Waals surface area (Å²) in [5.74, 6) is 0.0537. The maximum absolute atomic E-state index is 12.4. The number of likely N-dealkylation sites (tertiary alicyclic amines) is 1. The molecule has 0 spiro atoms. The summed E-state index contributed by atoms with van der Waals surface area (Å²) in [7, 11) is 0. The zero-order valence-corrected chi connectivity index (χ0v) is 12.8. The van der Waals surface area contributed by atoms with Crippen LogP contribution >= 0.6 is 12.4 Å². The van der Waals surface area contributed by atoms with Crippen LogP contribution in [0.5, 0.6) is 0 Å². The molecule has 1 saturated heterocycles. The summed E-state index contributed by atoms with van der Waals surface area (Å²) in [5.41, 5.74) is 7.61. The first-order valence-electron chi connectivity index (χ1n) is 6.93. The Morgan fingerprint density at radius 2 is 1.86 bits per heavy atom. The van der Waals surface area contributed by atoms with Crippen molar-refractivity contribution in [2.45, 2.75) is 12.0 Å². The van der Waals surface area contributed by atoms with Crippen LogP contribution in [0.15, 0.2) is 53.5 Å². The van der Waals surface area contributed by atoms with E-state index in [0.717, 1.165) is 5.56 Å². The highest BCUT2D eigenvalue weighted by Gasteiger charge is 2.34. The number of H-pyrrole nitrogens is 1. The second kappa shape index (κ2) is 6.77. The molecular weight excluding hydrogens is 302 g/mol. The van der Waals surface area contributed by atoms with Crippen LogP contribution in [0.25, 0.3) is 0 Å². The molecule has 116 valence electrons. The Kier molecular flexibility index (Phi) is 5.00. The van der Waals surface area contributed by atoms with Crippen molar-refractivity contribution in [1.29, 1.82) is 0 Å². The number of nitrogens with two attached hydrogens (primary N) is 1. The molecule has 6 heteroatoms. The molecule has 0 unspecified atom stereocenters. The largest absolute Gasteiger partial charge is 0.336 e. The van der Waals surface area contributed by atoms with Gasteiger partial charge in [-0.1, -0.05) is 30.3 Å². The molecule has 3 N–H and O–H groups in total.